The molecule has 2 aliphatic heterocycles. The number of amides is 2. The molecule has 8 heteroatoms. The van der Waals surface area contributed by atoms with Gasteiger partial charge in [0, 0.05) is 25.9 Å². The minimum absolute atomic E-state index is 0.0463. The first-order chi connectivity index (χ1) is 10.4. The SMILES string of the molecule is N#Cc1ccccc1S(=O)(=O)N1CC(N2C(=O)CCC2=O)C1. The number of likely N-dealkylation sites (tertiary alicyclic amines) is 1. The third-order valence-electron chi connectivity index (χ3n) is 3.91. The van der Waals surface area contributed by atoms with E-state index in [0.29, 0.717) is 0 Å². The third-order valence-corrected chi connectivity index (χ3v) is 5.80. The largest absolute Gasteiger partial charge is 0.277 e. The Hall–Kier alpha value is -2.24. The van der Waals surface area contributed by atoms with Crippen LogP contribution in [0.5, 0.6) is 0 Å². The quantitative estimate of drug-likeness (QED) is 0.735. The first-order valence-corrected chi connectivity index (χ1v) is 8.23. The molecule has 2 aliphatic rings. The molecule has 114 valence electrons. The molecular formula is C14H13N3O4S. The Labute approximate surface area is 127 Å². The predicted octanol–water partition coefficient (Wildman–Crippen LogP) is 0.0802. The number of rotatable bonds is 3. The van der Waals surface area contributed by atoms with Crippen LogP contribution in [0.3, 0.4) is 0 Å². The highest BCUT2D eigenvalue weighted by atomic mass is 32.2. The highest BCUT2D eigenvalue weighted by molar-refractivity contribution is 7.89. The van der Waals surface area contributed by atoms with E-state index in [1.807, 2.05) is 6.07 Å². The summed E-state index contributed by atoms with van der Waals surface area (Å²) in [4.78, 5) is 24.4. The Morgan fingerprint density at radius 3 is 2.27 bits per heavy atom. The summed E-state index contributed by atoms with van der Waals surface area (Å²) in [6, 6.07) is 7.44. The average Bonchev–Trinajstić information content (AvgIpc) is 2.77. The van der Waals surface area contributed by atoms with E-state index in [1.54, 1.807) is 12.1 Å². The smallest absolute Gasteiger partial charge is 0.244 e. The van der Waals surface area contributed by atoms with Gasteiger partial charge in [0.15, 0.2) is 0 Å². The summed E-state index contributed by atoms with van der Waals surface area (Å²) in [5, 5.41) is 9.02. The Morgan fingerprint density at radius 2 is 1.68 bits per heavy atom. The van der Waals surface area contributed by atoms with Gasteiger partial charge in [0.2, 0.25) is 21.8 Å². The molecule has 2 heterocycles. The van der Waals surface area contributed by atoms with E-state index in [-0.39, 0.29) is 48.2 Å². The maximum absolute atomic E-state index is 12.5. The fourth-order valence-corrected chi connectivity index (χ4v) is 4.36. The van der Waals surface area contributed by atoms with Crippen LogP contribution in [-0.2, 0) is 19.6 Å². The van der Waals surface area contributed by atoms with E-state index >= 15 is 0 Å². The lowest BCUT2D eigenvalue weighted by atomic mass is 10.1. The number of sulfonamides is 1. The van der Waals surface area contributed by atoms with Crippen molar-refractivity contribution in [2.75, 3.05) is 13.1 Å². The van der Waals surface area contributed by atoms with Crippen LogP contribution in [0, 0.1) is 11.3 Å². The Balaban J connectivity index is 1.79. The van der Waals surface area contributed by atoms with Crippen LogP contribution in [0.2, 0.25) is 0 Å². The summed E-state index contributed by atoms with van der Waals surface area (Å²) >= 11 is 0. The molecule has 1 aromatic carbocycles. The van der Waals surface area contributed by atoms with E-state index in [0.717, 1.165) is 0 Å². The molecule has 7 nitrogen and oxygen atoms in total. The van der Waals surface area contributed by atoms with Crippen LogP contribution < -0.4 is 0 Å². The van der Waals surface area contributed by atoms with E-state index in [1.165, 1.54) is 21.3 Å². The molecule has 0 radical (unpaired) electrons. The van der Waals surface area contributed by atoms with Gasteiger partial charge in [0.05, 0.1) is 16.5 Å². The fourth-order valence-electron chi connectivity index (χ4n) is 2.70. The summed E-state index contributed by atoms with van der Waals surface area (Å²) < 4.78 is 26.2. The van der Waals surface area contributed by atoms with E-state index in [2.05, 4.69) is 0 Å². The van der Waals surface area contributed by atoms with Gasteiger partial charge in [0.1, 0.15) is 6.07 Å². The van der Waals surface area contributed by atoms with E-state index in [4.69, 9.17) is 5.26 Å². The summed E-state index contributed by atoms with van der Waals surface area (Å²) in [7, 11) is -3.78. The number of carbonyl (C=O) groups excluding carboxylic acids is 2. The molecule has 0 unspecified atom stereocenters. The van der Waals surface area contributed by atoms with Crippen molar-refractivity contribution in [3.63, 3.8) is 0 Å². The molecule has 0 saturated carbocycles. The molecule has 0 spiro atoms. The molecular weight excluding hydrogens is 306 g/mol. The van der Waals surface area contributed by atoms with Crippen molar-refractivity contribution in [3.05, 3.63) is 29.8 Å². The van der Waals surface area contributed by atoms with Crippen LogP contribution >= 0.6 is 0 Å². The van der Waals surface area contributed by atoms with Crippen molar-refractivity contribution in [3.8, 4) is 6.07 Å². The second-order valence-electron chi connectivity index (χ2n) is 5.24. The standard InChI is InChI=1S/C14H13N3O4S/c15-7-10-3-1-2-4-12(10)22(20,21)16-8-11(9-16)17-13(18)5-6-14(17)19/h1-4,11H,5-6,8-9H2. The van der Waals surface area contributed by atoms with Crippen molar-refractivity contribution in [1.29, 1.82) is 5.26 Å². The predicted molar refractivity (Wildman–Crippen MR) is 74.8 cm³/mol. The zero-order valence-electron chi connectivity index (χ0n) is 11.6. The topological polar surface area (TPSA) is 98.5 Å². The molecule has 2 saturated heterocycles. The maximum atomic E-state index is 12.5. The average molecular weight is 319 g/mol. The summed E-state index contributed by atoms with van der Waals surface area (Å²) in [6.07, 6.45) is 0.388. The second-order valence-corrected chi connectivity index (χ2v) is 7.15. The van der Waals surface area contributed by atoms with Crippen molar-refractivity contribution < 1.29 is 18.0 Å². The van der Waals surface area contributed by atoms with Crippen LogP contribution in [0.15, 0.2) is 29.2 Å². The number of nitriles is 1. The number of nitrogens with zero attached hydrogens (tertiary/aromatic N) is 3. The number of hydrogen-bond acceptors (Lipinski definition) is 5. The van der Waals surface area contributed by atoms with Gasteiger partial charge >= 0.3 is 0 Å². The molecule has 2 amide bonds. The van der Waals surface area contributed by atoms with Crippen molar-refractivity contribution in [2.24, 2.45) is 0 Å². The third kappa shape index (κ3) is 2.19. The van der Waals surface area contributed by atoms with Crippen LogP contribution in [0.4, 0.5) is 0 Å². The summed E-state index contributed by atoms with van der Waals surface area (Å²) in [5.74, 6) is -0.492. The minimum Gasteiger partial charge on any atom is -0.277 e. The lowest BCUT2D eigenvalue weighted by Gasteiger charge is -2.41. The number of carbonyl (C=O) groups is 2. The van der Waals surface area contributed by atoms with Crippen molar-refractivity contribution in [2.45, 2.75) is 23.8 Å². The molecule has 2 fully saturated rings. The fraction of sp³-hybridized carbons (Fsp3) is 0.357. The molecule has 22 heavy (non-hydrogen) atoms. The van der Waals surface area contributed by atoms with Gasteiger partial charge in [-0.25, -0.2) is 8.42 Å². The highest BCUT2D eigenvalue weighted by Gasteiger charge is 2.45. The minimum atomic E-state index is -3.78. The molecule has 0 aliphatic carbocycles. The zero-order valence-corrected chi connectivity index (χ0v) is 12.4. The number of hydrogen-bond donors (Lipinski definition) is 0. The first kappa shape index (κ1) is 14.7. The van der Waals surface area contributed by atoms with Crippen LogP contribution in [0.25, 0.3) is 0 Å². The monoisotopic (exact) mass is 319 g/mol. The molecule has 0 aromatic heterocycles. The van der Waals surface area contributed by atoms with Crippen molar-refractivity contribution in [1.82, 2.24) is 9.21 Å². The molecule has 0 bridgehead atoms. The van der Waals surface area contributed by atoms with E-state index in [9.17, 15) is 18.0 Å². The normalized spacial score (nSPS) is 20.0. The van der Waals surface area contributed by atoms with Gasteiger partial charge in [0.25, 0.3) is 0 Å². The Morgan fingerprint density at radius 1 is 1.09 bits per heavy atom. The Kier molecular flexibility index (Phi) is 3.47. The lowest BCUT2D eigenvalue weighted by Crippen LogP contribution is -2.62. The molecule has 0 atom stereocenters. The molecule has 1 aromatic rings. The van der Waals surface area contributed by atoms with Crippen molar-refractivity contribution >= 4 is 21.8 Å². The van der Waals surface area contributed by atoms with Gasteiger partial charge in [-0.15, -0.1) is 0 Å². The summed E-state index contributed by atoms with van der Waals surface area (Å²) in [5.41, 5.74) is 0.0827. The van der Waals surface area contributed by atoms with Gasteiger partial charge in [-0.3, -0.25) is 14.5 Å². The summed E-state index contributed by atoms with van der Waals surface area (Å²) in [6.45, 7) is 0.166. The highest BCUT2D eigenvalue weighted by Crippen LogP contribution is 2.28. The van der Waals surface area contributed by atoms with Gasteiger partial charge in [-0.2, -0.15) is 9.57 Å². The lowest BCUT2D eigenvalue weighted by molar-refractivity contribution is -0.143. The number of benzene rings is 1. The zero-order chi connectivity index (χ0) is 15.9. The van der Waals surface area contributed by atoms with Gasteiger partial charge in [-0.05, 0) is 12.1 Å². The molecule has 0 N–H and O–H groups in total. The van der Waals surface area contributed by atoms with Crippen LogP contribution in [0.1, 0.15) is 18.4 Å². The van der Waals surface area contributed by atoms with E-state index < -0.39 is 16.1 Å². The first-order valence-electron chi connectivity index (χ1n) is 6.79. The van der Waals surface area contributed by atoms with Crippen LogP contribution in [-0.4, -0.2) is 48.6 Å². The number of imide groups is 1. The van der Waals surface area contributed by atoms with Gasteiger partial charge in [-0.1, -0.05) is 12.1 Å². The Bertz CT molecular complexity index is 775. The second kappa shape index (κ2) is 5.19. The van der Waals surface area contributed by atoms with Gasteiger partial charge < -0.3 is 0 Å². The maximum Gasteiger partial charge on any atom is 0.244 e. The molecule has 3 rings (SSSR count).